The maximum absolute atomic E-state index is 6.18. The number of benzene rings is 3. The Morgan fingerprint density at radius 1 is 0.536 bits per heavy atom. The minimum absolute atomic E-state index is 0.411. The van der Waals surface area contributed by atoms with Gasteiger partial charge < -0.3 is 9.47 Å². The number of ether oxygens (including phenoxy) is 2. The highest BCUT2D eigenvalue weighted by molar-refractivity contribution is 5.45. The molecule has 3 rings (SSSR count). The molecule has 0 aromatic heterocycles. The smallest absolute Gasteiger partial charge is 0.131 e. The SMILES string of the molecule is Cc1ccc(C(C)C)c(Oc2ccc(Oc3cc(C)ccc3C(C)C)cc2)c1. The van der Waals surface area contributed by atoms with Gasteiger partial charge in [0.2, 0.25) is 0 Å². The van der Waals surface area contributed by atoms with Gasteiger partial charge in [-0.15, -0.1) is 0 Å². The first-order valence-electron chi connectivity index (χ1n) is 10.0. The quantitative estimate of drug-likeness (QED) is 0.433. The summed E-state index contributed by atoms with van der Waals surface area (Å²) in [5.74, 6) is 4.29. The average molecular weight is 375 g/mol. The van der Waals surface area contributed by atoms with Gasteiger partial charge in [0, 0.05) is 0 Å². The van der Waals surface area contributed by atoms with E-state index in [1.165, 1.54) is 22.3 Å². The van der Waals surface area contributed by atoms with Crippen LogP contribution in [0.15, 0.2) is 60.7 Å². The van der Waals surface area contributed by atoms with Crippen molar-refractivity contribution in [1.82, 2.24) is 0 Å². The second-order valence-electron chi connectivity index (χ2n) is 8.07. The third-order valence-electron chi connectivity index (χ3n) is 4.86. The predicted octanol–water partition coefficient (Wildman–Crippen LogP) is 8.13. The average Bonchev–Trinajstić information content (AvgIpc) is 2.63. The highest BCUT2D eigenvalue weighted by atomic mass is 16.5. The molecule has 0 aliphatic rings. The van der Waals surface area contributed by atoms with Crippen LogP contribution in [0.25, 0.3) is 0 Å². The van der Waals surface area contributed by atoms with Gasteiger partial charge in [0.1, 0.15) is 23.0 Å². The lowest BCUT2D eigenvalue weighted by atomic mass is 10.0. The standard InChI is InChI=1S/C26H30O2/c1-17(2)23-13-7-19(5)15-25(23)27-21-9-11-22(12-10-21)28-26-16-20(6)8-14-24(26)18(3)4/h7-18H,1-6H3. The Hall–Kier alpha value is -2.74. The highest BCUT2D eigenvalue weighted by Gasteiger charge is 2.11. The molecule has 2 heteroatoms. The Balaban J connectivity index is 1.80. The lowest BCUT2D eigenvalue weighted by molar-refractivity contribution is 0.460. The molecule has 0 unspecified atom stereocenters. The lowest BCUT2D eigenvalue weighted by Crippen LogP contribution is -1.96. The zero-order valence-electron chi connectivity index (χ0n) is 17.7. The lowest BCUT2D eigenvalue weighted by Gasteiger charge is -2.16. The van der Waals surface area contributed by atoms with Crippen molar-refractivity contribution in [3.8, 4) is 23.0 Å². The van der Waals surface area contributed by atoms with Crippen molar-refractivity contribution in [3.63, 3.8) is 0 Å². The summed E-state index contributed by atoms with van der Waals surface area (Å²) in [5.41, 5.74) is 4.82. The molecule has 0 saturated carbocycles. The van der Waals surface area contributed by atoms with E-state index in [9.17, 15) is 0 Å². The Morgan fingerprint density at radius 2 is 0.893 bits per heavy atom. The van der Waals surface area contributed by atoms with E-state index in [0.717, 1.165) is 23.0 Å². The fraction of sp³-hybridized carbons (Fsp3) is 0.308. The third kappa shape index (κ3) is 4.75. The van der Waals surface area contributed by atoms with Crippen LogP contribution in [0.3, 0.4) is 0 Å². The minimum Gasteiger partial charge on any atom is -0.457 e. The fourth-order valence-electron chi connectivity index (χ4n) is 3.24. The number of hydrogen-bond acceptors (Lipinski definition) is 2. The van der Waals surface area contributed by atoms with Crippen LogP contribution < -0.4 is 9.47 Å². The van der Waals surface area contributed by atoms with Gasteiger partial charge in [0.25, 0.3) is 0 Å². The van der Waals surface area contributed by atoms with Gasteiger partial charge in [0.15, 0.2) is 0 Å². The van der Waals surface area contributed by atoms with E-state index in [2.05, 4.69) is 77.9 Å². The topological polar surface area (TPSA) is 18.5 Å². The largest absolute Gasteiger partial charge is 0.457 e. The molecule has 28 heavy (non-hydrogen) atoms. The Kier molecular flexibility index (Phi) is 6.08. The molecule has 0 saturated heterocycles. The molecule has 0 aliphatic heterocycles. The fourth-order valence-corrected chi connectivity index (χ4v) is 3.24. The van der Waals surface area contributed by atoms with Crippen LogP contribution in [-0.2, 0) is 0 Å². The molecule has 0 radical (unpaired) electrons. The number of aryl methyl sites for hydroxylation is 2. The van der Waals surface area contributed by atoms with E-state index in [-0.39, 0.29) is 0 Å². The van der Waals surface area contributed by atoms with E-state index in [4.69, 9.17) is 9.47 Å². The first-order valence-corrected chi connectivity index (χ1v) is 10.0. The van der Waals surface area contributed by atoms with Crippen LogP contribution in [0.1, 0.15) is 61.8 Å². The van der Waals surface area contributed by atoms with Gasteiger partial charge in [-0.1, -0.05) is 52.0 Å². The highest BCUT2D eigenvalue weighted by Crippen LogP contribution is 2.34. The summed E-state index contributed by atoms with van der Waals surface area (Å²) in [6.45, 7) is 12.9. The summed E-state index contributed by atoms with van der Waals surface area (Å²) in [4.78, 5) is 0. The van der Waals surface area contributed by atoms with E-state index >= 15 is 0 Å². The summed E-state index contributed by atoms with van der Waals surface area (Å²) in [7, 11) is 0. The molecule has 0 bridgehead atoms. The first-order chi connectivity index (χ1) is 13.3. The molecule has 2 nitrogen and oxygen atoms in total. The minimum atomic E-state index is 0.411. The summed E-state index contributed by atoms with van der Waals surface area (Å²) in [6, 6.07) is 20.6. The van der Waals surface area contributed by atoms with Gasteiger partial charge in [-0.3, -0.25) is 0 Å². The van der Waals surface area contributed by atoms with Crippen LogP contribution in [0.2, 0.25) is 0 Å². The van der Waals surface area contributed by atoms with Crippen LogP contribution in [0, 0.1) is 13.8 Å². The van der Waals surface area contributed by atoms with E-state index in [0.29, 0.717) is 11.8 Å². The molecule has 0 amide bonds. The second kappa shape index (κ2) is 8.52. The maximum Gasteiger partial charge on any atom is 0.131 e. The van der Waals surface area contributed by atoms with E-state index < -0.39 is 0 Å². The predicted molar refractivity (Wildman–Crippen MR) is 117 cm³/mol. The van der Waals surface area contributed by atoms with Gasteiger partial charge in [-0.25, -0.2) is 0 Å². The molecule has 3 aromatic carbocycles. The summed E-state index contributed by atoms with van der Waals surface area (Å²) in [6.07, 6.45) is 0. The van der Waals surface area contributed by atoms with E-state index in [1.807, 2.05) is 24.3 Å². The maximum atomic E-state index is 6.18. The van der Waals surface area contributed by atoms with Gasteiger partial charge >= 0.3 is 0 Å². The summed E-state index contributed by atoms with van der Waals surface area (Å²) in [5, 5.41) is 0. The van der Waals surface area contributed by atoms with Gasteiger partial charge in [-0.05, 0) is 84.3 Å². The molecule has 0 aliphatic carbocycles. The van der Waals surface area contributed by atoms with Crippen molar-refractivity contribution >= 4 is 0 Å². The van der Waals surface area contributed by atoms with Crippen molar-refractivity contribution in [2.75, 3.05) is 0 Å². The van der Waals surface area contributed by atoms with Crippen molar-refractivity contribution in [1.29, 1.82) is 0 Å². The second-order valence-corrected chi connectivity index (χ2v) is 8.07. The zero-order chi connectivity index (χ0) is 20.3. The number of rotatable bonds is 6. The number of hydrogen-bond donors (Lipinski definition) is 0. The van der Waals surface area contributed by atoms with Crippen LogP contribution in [-0.4, -0.2) is 0 Å². The van der Waals surface area contributed by atoms with Crippen molar-refractivity contribution in [3.05, 3.63) is 82.9 Å². The molecule has 0 spiro atoms. The molecule has 146 valence electrons. The molecule has 0 N–H and O–H groups in total. The molecule has 0 atom stereocenters. The van der Waals surface area contributed by atoms with Gasteiger partial charge in [0.05, 0.1) is 0 Å². The van der Waals surface area contributed by atoms with Crippen molar-refractivity contribution in [2.24, 2.45) is 0 Å². The Bertz CT molecular complexity index is 859. The third-order valence-corrected chi connectivity index (χ3v) is 4.86. The zero-order valence-corrected chi connectivity index (χ0v) is 17.7. The molecule has 0 heterocycles. The monoisotopic (exact) mass is 374 g/mol. The Labute approximate surface area is 169 Å². The molecular weight excluding hydrogens is 344 g/mol. The molecular formula is C26H30O2. The summed E-state index contributed by atoms with van der Waals surface area (Å²) >= 11 is 0. The van der Waals surface area contributed by atoms with Crippen LogP contribution in [0.4, 0.5) is 0 Å². The Morgan fingerprint density at radius 3 is 1.21 bits per heavy atom. The molecule has 0 fully saturated rings. The molecule has 3 aromatic rings. The first kappa shape index (κ1) is 20.0. The van der Waals surface area contributed by atoms with Crippen LogP contribution >= 0.6 is 0 Å². The van der Waals surface area contributed by atoms with E-state index in [1.54, 1.807) is 0 Å². The van der Waals surface area contributed by atoms with Crippen molar-refractivity contribution in [2.45, 2.75) is 53.4 Å². The normalized spacial score (nSPS) is 11.1. The summed E-state index contributed by atoms with van der Waals surface area (Å²) < 4.78 is 12.4. The van der Waals surface area contributed by atoms with Gasteiger partial charge in [-0.2, -0.15) is 0 Å². The van der Waals surface area contributed by atoms with Crippen LogP contribution in [0.5, 0.6) is 23.0 Å². The van der Waals surface area contributed by atoms with Crippen molar-refractivity contribution < 1.29 is 9.47 Å².